The van der Waals surface area contributed by atoms with Gasteiger partial charge in [0, 0.05) is 23.8 Å². The lowest BCUT2D eigenvalue weighted by Gasteiger charge is -2.10. The monoisotopic (exact) mass is 235 g/mol. The number of thioether (sulfide) groups is 1. The van der Waals surface area contributed by atoms with E-state index in [4.69, 9.17) is 6.42 Å². The van der Waals surface area contributed by atoms with Gasteiger partial charge in [-0.25, -0.2) is 8.42 Å². The van der Waals surface area contributed by atoms with Crippen molar-refractivity contribution in [3.05, 3.63) is 0 Å². The maximum absolute atomic E-state index is 10.8. The van der Waals surface area contributed by atoms with Gasteiger partial charge in [0.1, 0.15) is 9.84 Å². The van der Waals surface area contributed by atoms with Gasteiger partial charge < -0.3 is 5.32 Å². The molecule has 0 heterocycles. The van der Waals surface area contributed by atoms with E-state index >= 15 is 0 Å². The Morgan fingerprint density at radius 3 is 2.71 bits per heavy atom. The molecule has 0 saturated carbocycles. The number of nitrogens with one attached hydrogen (secondary N) is 1. The van der Waals surface area contributed by atoms with Gasteiger partial charge in [-0.3, -0.25) is 0 Å². The maximum atomic E-state index is 10.8. The van der Waals surface area contributed by atoms with Gasteiger partial charge >= 0.3 is 0 Å². The van der Waals surface area contributed by atoms with E-state index in [2.05, 4.69) is 18.2 Å². The summed E-state index contributed by atoms with van der Waals surface area (Å²) in [5.41, 5.74) is 0. The van der Waals surface area contributed by atoms with E-state index in [1.54, 1.807) is 11.8 Å². The zero-order chi connectivity index (χ0) is 11.0. The first-order chi connectivity index (χ1) is 6.45. The number of hydrogen-bond acceptors (Lipinski definition) is 4. The Hall–Kier alpha value is -0.180. The van der Waals surface area contributed by atoms with Crippen LogP contribution in [-0.2, 0) is 9.84 Å². The fourth-order valence-corrected chi connectivity index (χ4v) is 3.04. The van der Waals surface area contributed by atoms with Crippen molar-refractivity contribution >= 4 is 21.6 Å². The van der Waals surface area contributed by atoms with E-state index in [1.165, 1.54) is 6.26 Å². The van der Waals surface area contributed by atoms with Crippen LogP contribution < -0.4 is 5.32 Å². The fourth-order valence-electron chi connectivity index (χ4n) is 0.807. The lowest BCUT2D eigenvalue weighted by atomic mass is 10.4. The summed E-state index contributed by atoms with van der Waals surface area (Å²) in [4.78, 5) is 0. The molecule has 0 aromatic carbocycles. The summed E-state index contributed by atoms with van der Waals surface area (Å²) >= 11 is 1.64. The molecule has 1 atom stereocenters. The molecule has 0 aliphatic rings. The van der Waals surface area contributed by atoms with Gasteiger partial charge in [0.05, 0.1) is 12.3 Å². The molecule has 0 aromatic heterocycles. The molecule has 0 aromatic rings. The third kappa shape index (κ3) is 9.90. The van der Waals surface area contributed by atoms with Crippen LogP contribution in [-0.4, -0.2) is 44.5 Å². The van der Waals surface area contributed by atoms with E-state index in [0.29, 0.717) is 17.5 Å². The van der Waals surface area contributed by atoms with Crippen molar-refractivity contribution in [3.8, 4) is 12.3 Å². The molecule has 3 nitrogen and oxygen atoms in total. The lowest BCUT2D eigenvalue weighted by molar-refractivity contribution is 0.603. The van der Waals surface area contributed by atoms with E-state index < -0.39 is 9.84 Å². The molecule has 0 fully saturated rings. The fraction of sp³-hybridized carbons (Fsp3) is 0.778. The molecular formula is C9H17NO2S2. The standard InChI is InChI=1S/C9H17NO2S2/c1-4-5-10-8-9(2)13-6-7-14(3,11)12/h1,9-10H,5-8H2,2-3H3. The van der Waals surface area contributed by atoms with Crippen LogP contribution in [0, 0.1) is 12.3 Å². The molecule has 14 heavy (non-hydrogen) atoms. The molecule has 82 valence electrons. The first-order valence-electron chi connectivity index (χ1n) is 4.39. The number of sulfone groups is 1. The summed E-state index contributed by atoms with van der Waals surface area (Å²) in [5, 5.41) is 3.47. The Morgan fingerprint density at radius 2 is 2.21 bits per heavy atom. The minimum Gasteiger partial charge on any atom is -0.305 e. The summed E-state index contributed by atoms with van der Waals surface area (Å²) in [6, 6.07) is 0. The molecule has 0 aliphatic heterocycles. The Labute approximate surface area is 91.0 Å². The SMILES string of the molecule is C#CCNCC(C)SCCS(C)(=O)=O. The molecule has 0 saturated heterocycles. The molecule has 0 rings (SSSR count). The predicted molar refractivity (Wildman–Crippen MR) is 63.3 cm³/mol. The van der Waals surface area contributed by atoms with Crippen molar-refractivity contribution in [2.45, 2.75) is 12.2 Å². The second kappa shape index (κ2) is 7.16. The molecule has 0 aliphatic carbocycles. The van der Waals surface area contributed by atoms with E-state index in [9.17, 15) is 8.42 Å². The first-order valence-corrected chi connectivity index (χ1v) is 7.50. The topological polar surface area (TPSA) is 46.2 Å². The highest BCUT2D eigenvalue weighted by Gasteiger charge is 2.05. The van der Waals surface area contributed by atoms with Gasteiger partial charge in [-0.2, -0.15) is 11.8 Å². The highest BCUT2D eigenvalue weighted by molar-refractivity contribution is 8.01. The average molecular weight is 235 g/mol. The number of rotatable bonds is 7. The van der Waals surface area contributed by atoms with Crippen LogP contribution >= 0.6 is 11.8 Å². The van der Waals surface area contributed by atoms with Crippen molar-refractivity contribution in [2.75, 3.05) is 30.9 Å². The highest BCUT2D eigenvalue weighted by Crippen LogP contribution is 2.09. The van der Waals surface area contributed by atoms with Crippen molar-refractivity contribution < 1.29 is 8.42 Å². The van der Waals surface area contributed by atoms with Crippen molar-refractivity contribution in [2.24, 2.45) is 0 Å². The maximum Gasteiger partial charge on any atom is 0.148 e. The summed E-state index contributed by atoms with van der Waals surface area (Å²) in [6.07, 6.45) is 6.33. The summed E-state index contributed by atoms with van der Waals surface area (Å²) < 4.78 is 21.6. The minimum atomic E-state index is -2.82. The third-order valence-electron chi connectivity index (χ3n) is 1.52. The average Bonchev–Trinajstić information content (AvgIpc) is 2.02. The molecular weight excluding hydrogens is 218 g/mol. The van der Waals surface area contributed by atoms with Gasteiger partial charge in [-0.05, 0) is 0 Å². The molecule has 1 unspecified atom stereocenters. The summed E-state index contributed by atoms with van der Waals surface area (Å²) in [7, 11) is -2.82. The third-order valence-corrected chi connectivity index (χ3v) is 3.90. The van der Waals surface area contributed by atoms with Crippen LogP contribution in [0.1, 0.15) is 6.92 Å². The Bertz CT molecular complexity index is 280. The van der Waals surface area contributed by atoms with Crippen LogP contribution in [0.2, 0.25) is 0 Å². The van der Waals surface area contributed by atoms with Gasteiger partial charge in [-0.1, -0.05) is 12.8 Å². The Balaban J connectivity index is 3.46. The van der Waals surface area contributed by atoms with Gasteiger partial charge in [0.2, 0.25) is 0 Å². The predicted octanol–water partition coefficient (Wildman–Crippen LogP) is 0.376. The second-order valence-electron chi connectivity index (χ2n) is 3.15. The zero-order valence-electron chi connectivity index (χ0n) is 8.62. The van der Waals surface area contributed by atoms with Crippen LogP contribution in [0.25, 0.3) is 0 Å². The second-order valence-corrected chi connectivity index (χ2v) is 6.95. The van der Waals surface area contributed by atoms with Crippen molar-refractivity contribution in [1.82, 2.24) is 5.32 Å². The molecule has 0 amide bonds. The van der Waals surface area contributed by atoms with Gasteiger partial charge in [0.25, 0.3) is 0 Å². The van der Waals surface area contributed by atoms with Crippen LogP contribution in [0.15, 0.2) is 0 Å². The van der Waals surface area contributed by atoms with Crippen LogP contribution in [0.4, 0.5) is 0 Å². The number of hydrogen-bond donors (Lipinski definition) is 1. The van der Waals surface area contributed by atoms with Crippen molar-refractivity contribution in [1.29, 1.82) is 0 Å². The summed E-state index contributed by atoms with van der Waals surface area (Å²) in [6.45, 7) is 3.44. The largest absolute Gasteiger partial charge is 0.305 e. The quantitative estimate of drug-likeness (QED) is 0.512. The van der Waals surface area contributed by atoms with Crippen molar-refractivity contribution in [3.63, 3.8) is 0 Å². The van der Waals surface area contributed by atoms with Gasteiger partial charge in [0.15, 0.2) is 0 Å². The Kier molecular flexibility index (Phi) is 7.06. The zero-order valence-corrected chi connectivity index (χ0v) is 10.2. The normalized spacial score (nSPS) is 13.5. The molecule has 1 N–H and O–H groups in total. The van der Waals surface area contributed by atoms with E-state index in [1.807, 2.05) is 0 Å². The Morgan fingerprint density at radius 1 is 1.57 bits per heavy atom. The van der Waals surface area contributed by atoms with E-state index in [0.717, 1.165) is 6.54 Å². The smallest absolute Gasteiger partial charge is 0.148 e. The first kappa shape index (κ1) is 13.8. The van der Waals surface area contributed by atoms with Crippen LogP contribution in [0.5, 0.6) is 0 Å². The lowest BCUT2D eigenvalue weighted by Crippen LogP contribution is -2.23. The molecule has 0 spiro atoms. The minimum absolute atomic E-state index is 0.247. The van der Waals surface area contributed by atoms with Crippen LogP contribution in [0.3, 0.4) is 0 Å². The molecule has 0 bridgehead atoms. The highest BCUT2D eigenvalue weighted by atomic mass is 32.2. The van der Waals surface area contributed by atoms with Gasteiger partial charge in [-0.15, -0.1) is 6.42 Å². The van der Waals surface area contributed by atoms with E-state index in [-0.39, 0.29) is 5.75 Å². The number of terminal acetylenes is 1. The molecule has 5 heteroatoms. The molecule has 0 radical (unpaired) electrons. The summed E-state index contributed by atoms with van der Waals surface area (Å²) in [5.74, 6) is 3.38.